The summed E-state index contributed by atoms with van der Waals surface area (Å²) in [7, 11) is 1.95. The Labute approximate surface area is 117 Å². The van der Waals surface area contributed by atoms with E-state index in [4.69, 9.17) is 5.26 Å². The molecule has 102 valence electrons. The van der Waals surface area contributed by atoms with Gasteiger partial charge in [-0.1, -0.05) is 0 Å². The summed E-state index contributed by atoms with van der Waals surface area (Å²) < 4.78 is 15.0. The second kappa shape index (κ2) is 5.09. The van der Waals surface area contributed by atoms with E-state index >= 15 is 0 Å². The van der Waals surface area contributed by atoms with Gasteiger partial charge >= 0.3 is 0 Å². The van der Waals surface area contributed by atoms with E-state index < -0.39 is 0 Å². The van der Waals surface area contributed by atoms with Gasteiger partial charge in [-0.25, -0.2) is 4.39 Å². The second-order valence-electron chi connectivity index (χ2n) is 5.29. The Hall–Kier alpha value is -2.15. The van der Waals surface area contributed by atoms with Gasteiger partial charge < -0.3 is 0 Å². The lowest BCUT2D eigenvalue weighted by Crippen LogP contribution is -2.11. The molecule has 0 bridgehead atoms. The normalized spacial score (nSPS) is 17.6. The molecule has 4 heteroatoms. The van der Waals surface area contributed by atoms with Gasteiger partial charge in [-0.3, -0.25) is 4.68 Å². The summed E-state index contributed by atoms with van der Waals surface area (Å²) in [5, 5.41) is 13.6. The average molecular weight is 269 g/mol. The summed E-state index contributed by atoms with van der Waals surface area (Å²) in [6.07, 6.45) is 3.65. The number of fused-ring (bicyclic) bond motifs is 1. The molecule has 0 spiro atoms. The van der Waals surface area contributed by atoms with E-state index in [2.05, 4.69) is 11.2 Å². The molecule has 1 atom stereocenters. The first-order valence-electron chi connectivity index (χ1n) is 6.89. The van der Waals surface area contributed by atoms with Crippen molar-refractivity contribution in [2.75, 3.05) is 0 Å². The molecule has 1 aromatic heterocycles. The maximum atomic E-state index is 13.1. The lowest BCUT2D eigenvalue weighted by molar-refractivity contribution is 0.542. The number of halogens is 1. The molecule has 0 aliphatic heterocycles. The van der Waals surface area contributed by atoms with Crippen molar-refractivity contribution in [1.29, 1.82) is 5.26 Å². The number of hydrogen-bond donors (Lipinski definition) is 0. The minimum atomic E-state index is -0.243. The van der Waals surface area contributed by atoms with Crippen molar-refractivity contribution < 1.29 is 4.39 Å². The van der Waals surface area contributed by atoms with Crippen LogP contribution in [0.5, 0.6) is 0 Å². The van der Waals surface area contributed by atoms with Crippen LogP contribution in [-0.2, 0) is 13.5 Å². The zero-order chi connectivity index (χ0) is 14.1. The van der Waals surface area contributed by atoms with Crippen LogP contribution < -0.4 is 0 Å². The van der Waals surface area contributed by atoms with Crippen molar-refractivity contribution in [2.45, 2.75) is 31.6 Å². The molecule has 3 nitrogen and oxygen atoms in total. The quantitative estimate of drug-likeness (QED) is 0.836. The molecule has 0 radical (unpaired) electrons. The molecular formula is C16H16FN3. The first-order chi connectivity index (χ1) is 9.70. The third kappa shape index (κ3) is 2.09. The number of aryl methyl sites for hydroxylation is 1. The van der Waals surface area contributed by atoms with Crippen LogP contribution in [0.1, 0.15) is 36.4 Å². The Kier molecular flexibility index (Phi) is 3.27. The van der Waals surface area contributed by atoms with Crippen LogP contribution in [0.2, 0.25) is 0 Å². The second-order valence-corrected chi connectivity index (χ2v) is 5.29. The van der Waals surface area contributed by atoms with Gasteiger partial charge in [-0.05, 0) is 43.5 Å². The predicted octanol–water partition coefficient (Wildman–Crippen LogP) is 3.56. The number of aromatic nitrogens is 2. The SMILES string of the molecule is Cn1nc(-c2ccc(F)cc2)c2c1CCCC2CC#N. The molecule has 0 amide bonds. The summed E-state index contributed by atoms with van der Waals surface area (Å²) in [6.45, 7) is 0. The van der Waals surface area contributed by atoms with Gasteiger partial charge in [0.25, 0.3) is 0 Å². The number of nitriles is 1. The molecule has 1 heterocycles. The minimum absolute atomic E-state index is 0.243. The zero-order valence-electron chi connectivity index (χ0n) is 11.4. The number of rotatable bonds is 2. The van der Waals surface area contributed by atoms with Crippen LogP contribution in [0.25, 0.3) is 11.3 Å². The Morgan fingerprint density at radius 1 is 1.40 bits per heavy atom. The summed E-state index contributed by atoms with van der Waals surface area (Å²) in [4.78, 5) is 0. The van der Waals surface area contributed by atoms with E-state index in [-0.39, 0.29) is 11.7 Å². The molecule has 3 rings (SSSR count). The summed E-state index contributed by atoms with van der Waals surface area (Å²) in [5.41, 5.74) is 4.23. The van der Waals surface area contributed by atoms with Crippen LogP contribution in [-0.4, -0.2) is 9.78 Å². The Bertz CT molecular complexity index is 664. The summed E-state index contributed by atoms with van der Waals surface area (Å²) in [6, 6.07) is 8.71. The first-order valence-corrected chi connectivity index (χ1v) is 6.89. The topological polar surface area (TPSA) is 41.6 Å². The smallest absolute Gasteiger partial charge is 0.123 e. The van der Waals surface area contributed by atoms with Gasteiger partial charge in [0, 0.05) is 36.2 Å². The third-order valence-electron chi connectivity index (χ3n) is 4.04. The predicted molar refractivity (Wildman–Crippen MR) is 74.5 cm³/mol. The highest BCUT2D eigenvalue weighted by Crippen LogP contribution is 2.39. The van der Waals surface area contributed by atoms with Crippen molar-refractivity contribution in [3.8, 4) is 17.3 Å². The van der Waals surface area contributed by atoms with Gasteiger partial charge in [0.2, 0.25) is 0 Å². The minimum Gasteiger partial charge on any atom is -0.272 e. The molecule has 1 aliphatic rings. The van der Waals surface area contributed by atoms with Gasteiger partial charge in [0.15, 0.2) is 0 Å². The molecule has 0 saturated carbocycles. The lowest BCUT2D eigenvalue weighted by Gasteiger charge is -2.21. The van der Waals surface area contributed by atoms with Gasteiger partial charge in [0.1, 0.15) is 5.82 Å². The molecule has 0 N–H and O–H groups in total. The van der Waals surface area contributed by atoms with Crippen LogP contribution in [0, 0.1) is 17.1 Å². The molecular weight excluding hydrogens is 253 g/mol. The Morgan fingerprint density at radius 2 is 2.15 bits per heavy atom. The zero-order valence-corrected chi connectivity index (χ0v) is 11.4. The fourth-order valence-corrected chi connectivity index (χ4v) is 3.10. The van der Waals surface area contributed by atoms with Crippen LogP contribution in [0.4, 0.5) is 4.39 Å². The molecule has 1 unspecified atom stereocenters. The maximum Gasteiger partial charge on any atom is 0.123 e. The monoisotopic (exact) mass is 269 g/mol. The van der Waals surface area contributed by atoms with Crippen molar-refractivity contribution in [1.82, 2.24) is 9.78 Å². The number of nitrogens with zero attached hydrogens (tertiary/aromatic N) is 3. The fourth-order valence-electron chi connectivity index (χ4n) is 3.10. The Morgan fingerprint density at radius 3 is 2.85 bits per heavy atom. The standard InChI is InChI=1S/C16H16FN3/c1-20-14-4-2-3-11(9-10-18)15(14)16(19-20)12-5-7-13(17)8-6-12/h5-8,11H,2-4,9H2,1H3. The highest BCUT2D eigenvalue weighted by Gasteiger charge is 2.28. The van der Waals surface area contributed by atoms with Crippen molar-refractivity contribution in [2.24, 2.45) is 7.05 Å². The lowest BCUT2D eigenvalue weighted by atomic mass is 9.82. The van der Waals surface area contributed by atoms with E-state index in [0.717, 1.165) is 30.5 Å². The van der Waals surface area contributed by atoms with Gasteiger partial charge in [0.05, 0.1) is 11.8 Å². The highest BCUT2D eigenvalue weighted by molar-refractivity contribution is 5.65. The fraction of sp³-hybridized carbons (Fsp3) is 0.375. The summed E-state index contributed by atoms with van der Waals surface area (Å²) >= 11 is 0. The molecule has 1 aliphatic carbocycles. The molecule has 0 saturated heterocycles. The van der Waals surface area contributed by atoms with E-state index in [0.29, 0.717) is 6.42 Å². The number of benzene rings is 1. The van der Waals surface area contributed by atoms with Crippen molar-refractivity contribution >= 4 is 0 Å². The molecule has 1 aromatic carbocycles. The van der Waals surface area contributed by atoms with Crippen LogP contribution in [0.15, 0.2) is 24.3 Å². The molecule has 0 fully saturated rings. The van der Waals surface area contributed by atoms with Gasteiger partial charge in [-0.15, -0.1) is 0 Å². The largest absolute Gasteiger partial charge is 0.272 e. The molecule has 20 heavy (non-hydrogen) atoms. The maximum absolute atomic E-state index is 13.1. The third-order valence-corrected chi connectivity index (χ3v) is 4.04. The highest BCUT2D eigenvalue weighted by atomic mass is 19.1. The van der Waals surface area contributed by atoms with Gasteiger partial charge in [-0.2, -0.15) is 10.4 Å². The summed E-state index contributed by atoms with van der Waals surface area (Å²) in [5.74, 6) is 0.00428. The van der Waals surface area contributed by atoms with Crippen LogP contribution >= 0.6 is 0 Å². The van der Waals surface area contributed by atoms with E-state index in [1.165, 1.54) is 23.4 Å². The van der Waals surface area contributed by atoms with E-state index in [1.807, 2.05) is 11.7 Å². The van der Waals surface area contributed by atoms with Crippen LogP contribution in [0.3, 0.4) is 0 Å². The first kappa shape index (κ1) is 12.9. The number of hydrogen-bond acceptors (Lipinski definition) is 2. The van der Waals surface area contributed by atoms with Crippen molar-refractivity contribution in [3.63, 3.8) is 0 Å². The Balaban J connectivity index is 2.13. The molecule has 2 aromatic rings. The van der Waals surface area contributed by atoms with E-state index in [9.17, 15) is 4.39 Å². The average Bonchev–Trinajstić information content (AvgIpc) is 2.79. The van der Waals surface area contributed by atoms with Crippen molar-refractivity contribution in [3.05, 3.63) is 41.3 Å². The van der Waals surface area contributed by atoms with E-state index in [1.54, 1.807) is 12.1 Å².